The first kappa shape index (κ1) is 15.7. The van der Waals surface area contributed by atoms with E-state index in [0.717, 1.165) is 5.82 Å². The summed E-state index contributed by atoms with van der Waals surface area (Å²) in [7, 11) is 3.69. The highest BCUT2D eigenvalue weighted by atomic mass is 19.3. The smallest absolute Gasteiger partial charge is 0.387 e. The van der Waals surface area contributed by atoms with Gasteiger partial charge in [0.15, 0.2) is 0 Å². The molecule has 0 aliphatic rings. The number of nitrogens with one attached hydrogen (secondary N) is 1. The lowest BCUT2D eigenvalue weighted by molar-refractivity contribution is -0.0501. The number of alkyl halides is 2. The number of benzene rings is 1. The van der Waals surface area contributed by atoms with Gasteiger partial charge in [-0.05, 0) is 24.3 Å². The predicted molar refractivity (Wildman–Crippen MR) is 79.6 cm³/mol. The number of rotatable bonds is 5. The van der Waals surface area contributed by atoms with Crippen LogP contribution in [0.2, 0.25) is 0 Å². The van der Waals surface area contributed by atoms with Crippen molar-refractivity contribution in [2.75, 3.05) is 24.3 Å². The largest absolute Gasteiger partial charge is 0.434 e. The topological polar surface area (TPSA) is 54.5 Å². The van der Waals surface area contributed by atoms with Gasteiger partial charge in [0, 0.05) is 14.1 Å². The number of carbonyl (C=O) groups is 1. The second-order valence-electron chi connectivity index (χ2n) is 4.63. The van der Waals surface area contributed by atoms with E-state index in [-0.39, 0.29) is 11.3 Å². The number of pyridine rings is 1. The van der Waals surface area contributed by atoms with Gasteiger partial charge in [-0.3, -0.25) is 4.79 Å². The fraction of sp³-hybridized carbons (Fsp3) is 0.200. The summed E-state index contributed by atoms with van der Waals surface area (Å²) in [5, 5.41) is 2.59. The zero-order valence-corrected chi connectivity index (χ0v) is 12.1. The van der Waals surface area contributed by atoms with Crippen LogP contribution in [-0.2, 0) is 0 Å². The van der Waals surface area contributed by atoms with E-state index >= 15 is 0 Å². The molecule has 0 atom stereocenters. The minimum atomic E-state index is -2.99. The van der Waals surface area contributed by atoms with Gasteiger partial charge in [-0.25, -0.2) is 4.98 Å². The highest BCUT2D eigenvalue weighted by molar-refractivity contribution is 6.06. The van der Waals surface area contributed by atoms with Crippen molar-refractivity contribution in [2.45, 2.75) is 6.61 Å². The van der Waals surface area contributed by atoms with Crippen LogP contribution in [0.25, 0.3) is 0 Å². The van der Waals surface area contributed by atoms with Gasteiger partial charge in [0.25, 0.3) is 5.91 Å². The summed E-state index contributed by atoms with van der Waals surface area (Å²) in [5.41, 5.74) is 0.488. The van der Waals surface area contributed by atoms with E-state index in [0.29, 0.717) is 5.69 Å². The van der Waals surface area contributed by atoms with Crippen molar-refractivity contribution in [3.63, 3.8) is 0 Å². The summed E-state index contributed by atoms with van der Waals surface area (Å²) in [6.45, 7) is -2.99. The molecule has 0 aliphatic carbocycles. The minimum absolute atomic E-state index is 0.0273. The number of amides is 1. The van der Waals surface area contributed by atoms with Crippen LogP contribution in [-0.4, -0.2) is 31.6 Å². The van der Waals surface area contributed by atoms with Gasteiger partial charge in [0.2, 0.25) is 0 Å². The maximum Gasteiger partial charge on any atom is 0.387 e. The van der Waals surface area contributed by atoms with E-state index in [1.807, 2.05) is 19.0 Å². The molecule has 1 heterocycles. The molecular formula is C15H15F2N3O2. The molecule has 0 unspecified atom stereocenters. The maximum atomic E-state index is 12.3. The molecule has 0 aliphatic heterocycles. The number of carbonyl (C=O) groups excluding carboxylic acids is 1. The highest BCUT2D eigenvalue weighted by Crippen LogP contribution is 2.21. The first-order chi connectivity index (χ1) is 10.5. The Hall–Kier alpha value is -2.70. The van der Waals surface area contributed by atoms with Gasteiger partial charge < -0.3 is 15.0 Å². The zero-order chi connectivity index (χ0) is 16.1. The Morgan fingerprint density at radius 3 is 2.55 bits per heavy atom. The molecule has 0 fully saturated rings. The minimum Gasteiger partial charge on any atom is -0.434 e. The lowest BCUT2D eigenvalue weighted by Gasteiger charge is -2.13. The SMILES string of the molecule is CN(C)c1ccc(NC(=O)c2ccccc2OC(F)F)cn1. The predicted octanol–water partition coefficient (Wildman–Crippen LogP) is 3.00. The summed E-state index contributed by atoms with van der Waals surface area (Å²) in [4.78, 5) is 18.1. The third-order valence-corrected chi connectivity index (χ3v) is 2.81. The Labute approximate surface area is 126 Å². The van der Waals surface area contributed by atoms with Gasteiger partial charge in [-0.15, -0.1) is 0 Å². The summed E-state index contributed by atoms with van der Waals surface area (Å²) < 4.78 is 29.0. The molecule has 1 N–H and O–H groups in total. The Bertz CT molecular complexity index is 645. The standard InChI is InChI=1S/C15H15F2N3O2/c1-20(2)13-8-7-10(9-18-13)19-14(21)11-5-3-4-6-12(11)22-15(16)17/h3-9,15H,1-2H3,(H,19,21). The van der Waals surface area contributed by atoms with E-state index in [1.54, 1.807) is 18.2 Å². The van der Waals surface area contributed by atoms with Crippen molar-refractivity contribution >= 4 is 17.4 Å². The first-order valence-electron chi connectivity index (χ1n) is 6.46. The summed E-state index contributed by atoms with van der Waals surface area (Å²) in [6.07, 6.45) is 1.49. The Morgan fingerprint density at radius 1 is 1.23 bits per heavy atom. The molecule has 2 aromatic rings. The number of nitrogens with zero attached hydrogens (tertiary/aromatic N) is 2. The van der Waals surface area contributed by atoms with Crippen LogP contribution in [0, 0.1) is 0 Å². The molecule has 116 valence electrons. The van der Waals surface area contributed by atoms with Crippen molar-refractivity contribution in [1.82, 2.24) is 4.98 Å². The summed E-state index contributed by atoms with van der Waals surface area (Å²) in [5.74, 6) is 0.0166. The zero-order valence-electron chi connectivity index (χ0n) is 12.1. The Morgan fingerprint density at radius 2 is 1.95 bits per heavy atom. The van der Waals surface area contributed by atoms with Gasteiger partial charge in [0.05, 0.1) is 17.4 Å². The Balaban J connectivity index is 2.15. The average molecular weight is 307 g/mol. The number of halogens is 2. The first-order valence-corrected chi connectivity index (χ1v) is 6.46. The van der Waals surface area contributed by atoms with Crippen LogP contribution < -0.4 is 15.0 Å². The normalized spacial score (nSPS) is 10.4. The van der Waals surface area contributed by atoms with Gasteiger partial charge in [-0.2, -0.15) is 8.78 Å². The highest BCUT2D eigenvalue weighted by Gasteiger charge is 2.15. The molecule has 1 aromatic carbocycles. The lowest BCUT2D eigenvalue weighted by Crippen LogP contribution is -2.15. The van der Waals surface area contributed by atoms with Crippen molar-refractivity contribution in [2.24, 2.45) is 0 Å². The average Bonchev–Trinajstić information content (AvgIpc) is 2.47. The van der Waals surface area contributed by atoms with Crippen LogP contribution >= 0.6 is 0 Å². The third-order valence-electron chi connectivity index (χ3n) is 2.81. The van der Waals surface area contributed by atoms with Gasteiger partial charge >= 0.3 is 6.61 Å². The van der Waals surface area contributed by atoms with Crippen LogP contribution in [0.5, 0.6) is 5.75 Å². The molecule has 7 heteroatoms. The van der Waals surface area contributed by atoms with E-state index in [4.69, 9.17) is 0 Å². The van der Waals surface area contributed by atoms with E-state index in [2.05, 4.69) is 15.0 Å². The monoisotopic (exact) mass is 307 g/mol. The van der Waals surface area contributed by atoms with E-state index in [9.17, 15) is 13.6 Å². The quantitative estimate of drug-likeness (QED) is 0.922. The van der Waals surface area contributed by atoms with Crippen LogP contribution in [0.1, 0.15) is 10.4 Å². The number of hydrogen-bond donors (Lipinski definition) is 1. The fourth-order valence-corrected chi connectivity index (χ4v) is 1.78. The van der Waals surface area contributed by atoms with Crippen molar-refractivity contribution in [1.29, 1.82) is 0 Å². The maximum absolute atomic E-state index is 12.3. The third kappa shape index (κ3) is 3.91. The van der Waals surface area contributed by atoms with Crippen LogP contribution in [0.15, 0.2) is 42.6 Å². The molecular weight excluding hydrogens is 292 g/mol. The molecule has 0 radical (unpaired) electrons. The molecule has 1 amide bonds. The Kier molecular flexibility index (Phi) is 4.88. The number of hydrogen-bond acceptors (Lipinski definition) is 4. The molecule has 1 aromatic heterocycles. The second-order valence-corrected chi connectivity index (χ2v) is 4.63. The molecule has 0 saturated heterocycles. The fourth-order valence-electron chi connectivity index (χ4n) is 1.78. The molecule has 2 rings (SSSR count). The second kappa shape index (κ2) is 6.84. The van der Waals surface area contributed by atoms with Gasteiger partial charge in [-0.1, -0.05) is 12.1 Å². The number of ether oxygens (including phenoxy) is 1. The number of anilines is 2. The number of aromatic nitrogens is 1. The molecule has 5 nitrogen and oxygen atoms in total. The molecule has 0 spiro atoms. The molecule has 0 saturated carbocycles. The summed E-state index contributed by atoms with van der Waals surface area (Å²) in [6, 6.07) is 9.22. The van der Waals surface area contributed by atoms with Crippen LogP contribution in [0.3, 0.4) is 0 Å². The van der Waals surface area contributed by atoms with Crippen molar-refractivity contribution in [3.8, 4) is 5.75 Å². The number of para-hydroxylation sites is 1. The lowest BCUT2D eigenvalue weighted by atomic mass is 10.2. The van der Waals surface area contributed by atoms with Gasteiger partial charge in [0.1, 0.15) is 11.6 Å². The molecule has 22 heavy (non-hydrogen) atoms. The van der Waals surface area contributed by atoms with Crippen LogP contribution in [0.4, 0.5) is 20.3 Å². The van der Waals surface area contributed by atoms with Crippen molar-refractivity contribution < 1.29 is 18.3 Å². The van der Waals surface area contributed by atoms with E-state index < -0.39 is 12.5 Å². The van der Waals surface area contributed by atoms with Crippen molar-refractivity contribution in [3.05, 3.63) is 48.2 Å². The van der Waals surface area contributed by atoms with E-state index in [1.165, 1.54) is 24.4 Å². The summed E-state index contributed by atoms with van der Waals surface area (Å²) >= 11 is 0. The molecule has 0 bridgehead atoms.